The van der Waals surface area contributed by atoms with Gasteiger partial charge in [0.25, 0.3) is 5.56 Å². The van der Waals surface area contributed by atoms with Gasteiger partial charge in [-0.05, 0) is 73.0 Å². The summed E-state index contributed by atoms with van der Waals surface area (Å²) in [4.78, 5) is 30.4. The third kappa shape index (κ3) is 7.12. The molecule has 46 heavy (non-hydrogen) atoms. The number of allylic oxidation sites excluding steroid dienone is 1. The molecule has 0 saturated heterocycles. The zero-order chi connectivity index (χ0) is 33.2. The molecule has 0 unspecified atom stereocenters. The molecule has 1 atom stereocenters. The lowest BCUT2D eigenvalue weighted by atomic mass is 9.95. The minimum absolute atomic E-state index is 0.0375. The van der Waals surface area contributed by atoms with E-state index in [2.05, 4.69) is 4.99 Å². The van der Waals surface area contributed by atoms with Crippen molar-refractivity contribution >= 4 is 58.2 Å². The van der Waals surface area contributed by atoms with Crippen LogP contribution >= 0.6 is 46.1 Å². The number of benzene rings is 3. The summed E-state index contributed by atoms with van der Waals surface area (Å²) in [5.74, 6) is -0.688. The van der Waals surface area contributed by atoms with Crippen LogP contribution in [0.3, 0.4) is 0 Å². The predicted molar refractivity (Wildman–Crippen MR) is 171 cm³/mol. The number of esters is 1. The highest BCUT2D eigenvalue weighted by Gasteiger charge is 2.45. The van der Waals surface area contributed by atoms with Crippen molar-refractivity contribution in [1.29, 1.82) is 0 Å². The normalized spacial score (nSPS) is 15.0. The monoisotopic (exact) mass is 710 g/mol. The number of ether oxygens (including phenoxy) is 3. The van der Waals surface area contributed by atoms with E-state index in [1.807, 2.05) is 6.07 Å². The summed E-state index contributed by atoms with van der Waals surface area (Å²) >= 11 is 19.4. The highest BCUT2D eigenvalue weighted by atomic mass is 35.5. The molecule has 14 heteroatoms. The molecule has 2 heterocycles. The van der Waals surface area contributed by atoms with Crippen LogP contribution in [-0.4, -0.2) is 29.9 Å². The van der Waals surface area contributed by atoms with Gasteiger partial charge in [0.2, 0.25) is 0 Å². The molecule has 1 aromatic heterocycles. The topological polar surface area (TPSA) is 79.1 Å². The standard InChI is InChI=1S/C32H24Cl3F3N2O5S/c1-3-43-23-14-18(13-22(35)27(23)45-16-17-6-5-7-21(34)12-17)15-24-29(41)40-26(19-8-10-20(33)11-9-19)25(30(42)44-4-2)28(32(36,37)38)39-31(40)46-24/h5-15,26H,3-4,16H2,1-2H3/b24-15-/t26-/m0/s1. The van der Waals surface area contributed by atoms with E-state index in [4.69, 9.17) is 49.0 Å². The van der Waals surface area contributed by atoms with Crippen LogP contribution in [0.25, 0.3) is 6.08 Å². The number of alkyl halides is 3. The third-order valence-electron chi connectivity index (χ3n) is 6.68. The molecule has 4 aromatic rings. The summed E-state index contributed by atoms with van der Waals surface area (Å²) in [6.07, 6.45) is -3.57. The Labute approximate surface area is 279 Å². The van der Waals surface area contributed by atoms with Gasteiger partial charge in [0, 0.05) is 10.0 Å². The quantitative estimate of drug-likeness (QED) is 0.171. The number of thiazole rings is 1. The molecular weight excluding hydrogens is 688 g/mol. The summed E-state index contributed by atoms with van der Waals surface area (Å²) in [5, 5.41) is 1.04. The summed E-state index contributed by atoms with van der Waals surface area (Å²) in [5.41, 5.74) is -1.51. The molecule has 0 aliphatic carbocycles. The van der Waals surface area contributed by atoms with Gasteiger partial charge in [-0.25, -0.2) is 9.79 Å². The molecule has 0 bridgehead atoms. The molecule has 0 spiro atoms. The molecule has 0 N–H and O–H groups in total. The zero-order valence-corrected chi connectivity index (χ0v) is 27.2. The fourth-order valence-electron chi connectivity index (χ4n) is 4.81. The molecule has 7 nitrogen and oxygen atoms in total. The SMILES string of the molecule is CCOC(=O)C1=C(C(F)(F)F)N=c2s/c(=C\c3cc(Cl)c(OCc4cccc(Cl)c4)c(OCC)c3)c(=O)n2[C@H]1c1ccc(Cl)cc1. The Hall–Kier alpha value is -3.77. The predicted octanol–water partition coefficient (Wildman–Crippen LogP) is 7.28. The molecule has 240 valence electrons. The van der Waals surface area contributed by atoms with Gasteiger partial charge >= 0.3 is 12.1 Å². The molecule has 1 aliphatic heterocycles. The highest BCUT2D eigenvalue weighted by Crippen LogP contribution is 2.39. The third-order valence-corrected chi connectivity index (χ3v) is 8.43. The molecule has 3 aromatic carbocycles. The Morgan fingerprint density at radius 2 is 1.74 bits per heavy atom. The maximum atomic E-state index is 14.4. The first-order valence-electron chi connectivity index (χ1n) is 13.8. The van der Waals surface area contributed by atoms with Gasteiger partial charge < -0.3 is 14.2 Å². The van der Waals surface area contributed by atoms with Crippen molar-refractivity contribution in [2.75, 3.05) is 13.2 Å². The number of nitrogens with zero attached hydrogens (tertiary/aromatic N) is 2. The van der Waals surface area contributed by atoms with E-state index in [1.165, 1.54) is 43.3 Å². The second-order valence-electron chi connectivity index (χ2n) is 9.80. The second kappa shape index (κ2) is 13.9. The number of rotatable bonds is 9. The number of halogens is 6. The first kappa shape index (κ1) is 33.6. The lowest BCUT2D eigenvalue weighted by Crippen LogP contribution is -2.41. The maximum Gasteiger partial charge on any atom is 0.434 e. The van der Waals surface area contributed by atoms with Crippen LogP contribution in [0.4, 0.5) is 13.2 Å². The van der Waals surface area contributed by atoms with Crippen LogP contribution in [0.1, 0.15) is 36.6 Å². The fourth-order valence-corrected chi connectivity index (χ4v) is 6.42. The second-order valence-corrected chi connectivity index (χ2v) is 12.1. The van der Waals surface area contributed by atoms with E-state index in [1.54, 1.807) is 31.2 Å². The lowest BCUT2D eigenvalue weighted by molar-refractivity contribution is -0.140. The largest absolute Gasteiger partial charge is 0.490 e. The van der Waals surface area contributed by atoms with Gasteiger partial charge in [-0.1, -0.05) is 70.4 Å². The first-order chi connectivity index (χ1) is 21.9. The van der Waals surface area contributed by atoms with E-state index in [0.29, 0.717) is 21.4 Å². The fraction of sp³-hybridized carbons (Fsp3) is 0.219. The Morgan fingerprint density at radius 3 is 2.39 bits per heavy atom. The van der Waals surface area contributed by atoms with Gasteiger partial charge in [0.05, 0.1) is 34.4 Å². The average Bonchev–Trinajstić information content (AvgIpc) is 3.30. The van der Waals surface area contributed by atoms with E-state index in [9.17, 15) is 22.8 Å². The number of fused-ring (bicyclic) bond motifs is 1. The van der Waals surface area contributed by atoms with Crippen molar-refractivity contribution < 1.29 is 32.2 Å². The van der Waals surface area contributed by atoms with Gasteiger partial charge in [-0.3, -0.25) is 9.36 Å². The molecule has 0 amide bonds. The van der Waals surface area contributed by atoms with Crippen molar-refractivity contribution in [3.05, 3.63) is 123 Å². The Balaban J connectivity index is 1.65. The lowest BCUT2D eigenvalue weighted by Gasteiger charge is -2.26. The van der Waals surface area contributed by atoms with E-state index >= 15 is 0 Å². The van der Waals surface area contributed by atoms with Crippen molar-refractivity contribution in [3.63, 3.8) is 0 Å². The number of aromatic nitrogens is 1. The van der Waals surface area contributed by atoms with Crippen molar-refractivity contribution in [3.8, 4) is 11.5 Å². The summed E-state index contributed by atoms with van der Waals surface area (Å²) in [6, 6.07) is 14.6. The van der Waals surface area contributed by atoms with Crippen LogP contribution in [0.15, 0.2) is 81.7 Å². The van der Waals surface area contributed by atoms with E-state index in [0.717, 1.165) is 21.5 Å². The van der Waals surface area contributed by atoms with Crippen LogP contribution in [-0.2, 0) is 16.1 Å². The van der Waals surface area contributed by atoms with Gasteiger partial charge in [0.15, 0.2) is 22.0 Å². The molecule has 0 saturated carbocycles. The minimum Gasteiger partial charge on any atom is -0.490 e. The number of hydrogen-bond acceptors (Lipinski definition) is 7. The van der Waals surface area contributed by atoms with Crippen LogP contribution in [0.5, 0.6) is 11.5 Å². The number of hydrogen-bond donors (Lipinski definition) is 0. The van der Waals surface area contributed by atoms with E-state index < -0.39 is 35.0 Å². The average molecular weight is 712 g/mol. The first-order valence-corrected chi connectivity index (χ1v) is 15.8. The maximum absolute atomic E-state index is 14.4. The van der Waals surface area contributed by atoms with E-state index in [-0.39, 0.29) is 45.5 Å². The summed E-state index contributed by atoms with van der Waals surface area (Å²) in [6.45, 7) is 3.47. The van der Waals surface area contributed by atoms with Crippen LogP contribution in [0.2, 0.25) is 15.1 Å². The van der Waals surface area contributed by atoms with Crippen molar-refractivity contribution in [1.82, 2.24) is 4.57 Å². The highest BCUT2D eigenvalue weighted by molar-refractivity contribution is 7.07. The zero-order valence-electron chi connectivity index (χ0n) is 24.2. The van der Waals surface area contributed by atoms with Crippen LogP contribution in [0, 0.1) is 0 Å². The van der Waals surface area contributed by atoms with Gasteiger partial charge in [0.1, 0.15) is 6.61 Å². The van der Waals surface area contributed by atoms with Gasteiger partial charge in [-0.2, -0.15) is 13.2 Å². The minimum atomic E-state index is -5.03. The van der Waals surface area contributed by atoms with Crippen LogP contribution < -0.4 is 24.4 Å². The molecule has 1 aliphatic rings. The Morgan fingerprint density at radius 1 is 1.00 bits per heavy atom. The summed E-state index contributed by atoms with van der Waals surface area (Å²) in [7, 11) is 0. The van der Waals surface area contributed by atoms with Crippen molar-refractivity contribution in [2.45, 2.75) is 32.7 Å². The Kier molecular flexibility index (Phi) is 10.2. The van der Waals surface area contributed by atoms with Crippen molar-refractivity contribution in [2.24, 2.45) is 4.99 Å². The number of carbonyl (C=O) groups is 1. The Bertz CT molecular complexity index is 2010. The van der Waals surface area contributed by atoms with Gasteiger partial charge in [-0.15, -0.1) is 0 Å². The summed E-state index contributed by atoms with van der Waals surface area (Å²) < 4.78 is 60.9. The number of carbonyl (C=O) groups excluding carboxylic acids is 1. The smallest absolute Gasteiger partial charge is 0.434 e. The molecular formula is C32H24Cl3F3N2O5S. The molecule has 0 fully saturated rings. The molecule has 0 radical (unpaired) electrons. The molecule has 5 rings (SSSR count).